The summed E-state index contributed by atoms with van der Waals surface area (Å²) < 4.78 is 5.25. The minimum atomic E-state index is -0.977. The van der Waals surface area contributed by atoms with E-state index in [4.69, 9.17) is 9.84 Å². The molecule has 20 heavy (non-hydrogen) atoms. The van der Waals surface area contributed by atoms with Gasteiger partial charge in [0.25, 0.3) is 11.8 Å². The van der Waals surface area contributed by atoms with E-state index in [1.165, 1.54) is 4.90 Å². The molecule has 7 nitrogen and oxygen atoms in total. The van der Waals surface area contributed by atoms with Crippen LogP contribution in [0.5, 0.6) is 5.75 Å². The van der Waals surface area contributed by atoms with Crippen molar-refractivity contribution in [3.8, 4) is 5.75 Å². The zero-order valence-electron chi connectivity index (χ0n) is 10.9. The molecule has 0 unspecified atom stereocenters. The van der Waals surface area contributed by atoms with Crippen LogP contribution in [0.4, 0.5) is 5.69 Å². The Balaban J connectivity index is 2.12. The van der Waals surface area contributed by atoms with Crippen molar-refractivity contribution in [2.45, 2.75) is 6.42 Å². The number of rotatable bonds is 4. The number of carbonyl (C=O) groups is 3. The molecule has 0 atom stereocenters. The number of amides is 2. The molecule has 1 heterocycles. The highest BCUT2D eigenvalue weighted by Crippen LogP contribution is 2.31. The number of benzene rings is 1. The number of fused-ring (bicyclic) bond motifs is 1. The van der Waals surface area contributed by atoms with Crippen LogP contribution in [-0.4, -0.2) is 43.1 Å². The average molecular weight is 278 g/mol. The number of carboxylic acid groups (broad SMARTS) is 1. The van der Waals surface area contributed by atoms with Gasteiger partial charge in [-0.15, -0.1) is 0 Å². The lowest BCUT2D eigenvalue weighted by Crippen LogP contribution is -2.35. The molecule has 1 aromatic rings. The molecule has 106 valence electrons. The molecule has 2 N–H and O–H groups in total. The highest BCUT2D eigenvalue weighted by atomic mass is 16.5. The minimum absolute atomic E-state index is 0.0202. The molecule has 0 aliphatic carbocycles. The number of carbonyl (C=O) groups excluding carboxylic acids is 2. The predicted molar refractivity (Wildman–Crippen MR) is 69.9 cm³/mol. The Kier molecular flexibility index (Phi) is 3.88. The zero-order chi connectivity index (χ0) is 14.7. The van der Waals surface area contributed by atoms with Gasteiger partial charge in [0.15, 0.2) is 6.61 Å². The van der Waals surface area contributed by atoms with Crippen molar-refractivity contribution in [2.24, 2.45) is 0 Å². The minimum Gasteiger partial charge on any atom is -0.482 e. The molecule has 0 radical (unpaired) electrons. The van der Waals surface area contributed by atoms with Crippen molar-refractivity contribution < 1.29 is 24.2 Å². The van der Waals surface area contributed by atoms with Crippen LogP contribution in [0, 0.1) is 0 Å². The van der Waals surface area contributed by atoms with Crippen LogP contribution in [0.25, 0.3) is 0 Å². The Morgan fingerprint density at radius 1 is 1.45 bits per heavy atom. The number of hydrogen-bond acceptors (Lipinski definition) is 4. The standard InChI is InChI=1S/C13H14N2O5/c1-15-9-6-8(13(19)14-5-4-12(17)18)2-3-10(9)20-7-11(15)16/h2-3,6H,4-5,7H2,1H3,(H,14,19)(H,17,18). The van der Waals surface area contributed by atoms with Gasteiger partial charge in [-0.2, -0.15) is 0 Å². The highest BCUT2D eigenvalue weighted by Gasteiger charge is 2.23. The summed E-state index contributed by atoms with van der Waals surface area (Å²) in [6, 6.07) is 4.73. The normalized spacial score (nSPS) is 13.4. The maximum Gasteiger partial charge on any atom is 0.305 e. The third-order valence-electron chi connectivity index (χ3n) is 2.93. The van der Waals surface area contributed by atoms with E-state index in [-0.39, 0.29) is 31.4 Å². The first-order chi connectivity index (χ1) is 9.49. The summed E-state index contributed by atoms with van der Waals surface area (Å²) in [7, 11) is 1.61. The number of ether oxygens (including phenoxy) is 1. The second-order valence-corrected chi connectivity index (χ2v) is 4.32. The van der Waals surface area contributed by atoms with Crippen LogP contribution >= 0.6 is 0 Å². The number of nitrogens with zero attached hydrogens (tertiary/aromatic N) is 1. The van der Waals surface area contributed by atoms with Gasteiger partial charge in [0.2, 0.25) is 0 Å². The van der Waals surface area contributed by atoms with Gasteiger partial charge < -0.3 is 20.1 Å². The summed E-state index contributed by atoms with van der Waals surface area (Å²) in [5, 5.41) is 11.0. The fourth-order valence-electron chi connectivity index (χ4n) is 1.80. The van der Waals surface area contributed by atoms with E-state index in [2.05, 4.69) is 5.32 Å². The Morgan fingerprint density at radius 2 is 2.20 bits per heavy atom. The number of nitrogens with one attached hydrogen (secondary N) is 1. The Hall–Kier alpha value is -2.57. The van der Waals surface area contributed by atoms with Crippen molar-refractivity contribution in [3.05, 3.63) is 23.8 Å². The fraction of sp³-hybridized carbons (Fsp3) is 0.308. The van der Waals surface area contributed by atoms with Crippen LogP contribution in [-0.2, 0) is 9.59 Å². The molecule has 1 aromatic carbocycles. The van der Waals surface area contributed by atoms with Crippen molar-refractivity contribution in [1.29, 1.82) is 0 Å². The summed E-state index contributed by atoms with van der Waals surface area (Å²) in [4.78, 5) is 35.2. The SMILES string of the molecule is CN1C(=O)COc2ccc(C(=O)NCCC(=O)O)cc21. The molecule has 0 bridgehead atoms. The van der Waals surface area contributed by atoms with E-state index >= 15 is 0 Å². The predicted octanol–water partition coefficient (Wildman–Crippen LogP) is 0.246. The molecule has 0 spiro atoms. The molecule has 0 aromatic heterocycles. The van der Waals surface area contributed by atoms with Crippen LogP contribution in [0.3, 0.4) is 0 Å². The van der Waals surface area contributed by atoms with Crippen LogP contribution in [0.2, 0.25) is 0 Å². The van der Waals surface area contributed by atoms with Gasteiger partial charge >= 0.3 is 5.97 Å². The van der Waals surface area contributed by atoms with E-state index in [0.29, 0.717) is 17.0 Å². The summed E-state index contributed by atoms with van der Waals surface area (Å²) in [6.45, 7) is 0.0319. The van der Waals surface area contributed by atoms with Crippen molar-refractivity contribution in [1.82, 2.24) is 5.32 Å². The molecule has 7 heteroatoms. The number of anilines is 1. The Morgan fingerprint density at radius 3 is 2.90 bits per heavy atom. The fourth-order valence-corrected chi connectivity index (χ4v) is 1.80. The topological polar surface area (TPSA) is 95.9 Å². The molecular formula is C13H14N2O5. The molecule has 1 aliphatic rings. The number of likely N-dealkylation sites (N-methyl/N-ethyl adjacent to an activating group) is 1. The summed E-state index contributed by atoms with van der Waals surface area (Å²) >= 11 is 0. The summed E-state index contributed by atoms with van der Waals surface area (Å²) in [6.07, 6.45) is -0.141. The lowest BCUT2D eigenvalue weighted by Gasteiger charge is -2.26. The number of aliphatic carboxylic acids is 1. The Bertz CT molecular complexity index is 570. The molecule has 0 fully saturated rings. The molecule has 0 saturated carbocycles. The first-order valence-corrected chi connectivity index (χ1v) is 6.02. The van der Waals surface area contributed by atoms with E-state index in [1.54, 1.807) is 25.2 Å². The molecular weight excluding hydrogens is 264 g/mol. The van der Waals surface area contributed by atoms with E-state index < -0.39 is 5.97 Å². The lowest BCUT2D eigenvalue weighted by atomic mass is 10.1. The van der Waals surface area contributed by atoms with Gasteiger partial charge in [-0.05, 0) is 18.2 Å². The lowest BCUT2D eigenvalue weighted by molar-refractivity contribution is -0.136. The monoisotopic (exact) mass is 278 g/mol. The van der Waals surface area contributed by atoms with Gasteiger partial charge in [0.05, 0.1) is 12.1 Å². The first-order valence-electron chi connectivity index (χ1n) is 6.02. The molecule has 2 amide bonds. The van der Waals surface area contributed by atoms with Crippen LogP contribution < -0.4 is 15.0 Å². The molecule has 0 saturated heterocycles. The van der Waals surface area contributed by atoms with Crippen LogP contribution in [0.1, 0.15) is 16.8 Å². The van der Waals surface area contributed by atoms with Gasteiger partial charge in [-0.1, -0.05) is 0 Å². The zero-order valence-corrected chi connectivity index (χ0v) is 10.9. The van der Waals surface area contributed by atoms with Crippen molar-refractivity contribution in [2.75, 3.05) is 25.1 Å². The number of hydrogen-bond donors (Lipinski definition) is 2. The van der Waals surface area contributed by atoms with E-state index in [9.17, 15) is 14.4 Å². The number of carboxylic acids is 1. The van der Waals surface area contributed by atoms with Crippen LogP contribution in [0.15, 0.2) is 18.2 Å². The largest absolute Gasteiger partial charge is 0.482 e. The van der Waals surface area contributed by atoms with Gasteiger partial charge in [0, 0.05) is 19.2 Å². The van der Waals surface area contributed by atoms with E-state index in [0.717, 1.165) is 0 Å². The van der Waals surface area contributed by atoms with E-state index in [1.807, 2.05) is 0 Å². The maximum atomic E-state index is 11.9. The maximum absolute atomic E-state index is 11.9. The van der Waals surface area contributed by atoms with Gasteiger partial charge in [0.1, 0.15) is 5.75 Å². The van der Waals surface area contributed by atoms with Crippen molar-refractivity contribution in [3.63, 3.8) is 0 Å². The quantitative estimate of drug-likeness (QED) is 0.822. The molecule has 2 rings (SSSR count). The average Bonchev–Trinajstić information content (AvgIpc) is 2.42. The summed E-state index contributed by atoms with van der Waals surface area (Å²) in [5.74, 6) is -1.02. The van der Waals surface area contributed by atoms with Crippen molar-refractivity contribution >= 4 is 23.5 Å². The van der Waals surface area contributed by atoms with Gasteiger partial charge in [-0.3, -0.25) is 14.4 Å². The Labute approximate surface area is 115 Å². The molecule has 1 aliphatic heterocycles. The smallest absolute Gasteiger partial charge is 0.305 e. The van der Waals surface area contributed by atoms with Gasteiger partial charge in [-0.25, -0.2) is 0 Å². The third-order valence-corrected chi connectivity index (χ3v) is 2.93. The summed E-state index contributed by atoms with van der Waals surface area (Å²) in [5.41, 5.74) is 0.867. The second-order valence-electron chi connectivity index (χ2n) is 4.32. The first kappa shape index (κ1) is 13.9. The second kappa shape index (κ2) is 5.60. The third kappa shape index (κ3) is 2.87. The highest BCUT2D eigenvalue weighted by molar-refractivity contribution is 6.01.